The molecule has 4 nitrogen and oxygen atoms in total. The van der Waals surface area contributed by atoms with Crippen molar-refractivity contribution >= 4 is 17.2 Å². The molecule has 0 spiro atoms. The average Bonchev–Trinajstić information content (AvgIpc) is 3.05. The number of ether oxygens (including phenoxy) is 2. The number of benzene rings is 1. The van der Waals surface area contributed by atoms with Gasteiger partial charge in [-0.05, 0) is 24.4 Å². The number of carbonyl (C=O) groups excluding carboxylic acids is 1. The van der Waals surface area contributed by atoms with Crippen molar-refractivity contribution in [3.63, 3.8) is 0 Å². The highest BCUT2D eigenvalue weighted by Gasteiger charge is 2.23. The molecule has 1 aromatic carbocycles. The van der Waals surface area contributed by atoms with E-state index < -0.39 is 5.82 Å². The van der Waals surface area contributed by atoms with Crippen molar-refractivity contribution in [1.82, 2.24) is 4.90 Å². The first kappa shape index (κ1) is 17.3. The quantitative estimate of drug-likeness (QED) is 0.808. The van der Waals surface area contributed by atoms with Gasteiger partial charge in [0.05, 0.1) is 19.8 Å². The zero-order chi connectivity index (χ0) is 17.0. The summed E-state index contributed by atoms with van der Waals surface area (Å²) in [6.07, 6.45) is 0.731. The molecule has 0 aliphatic carbocycles. The molecule has 0 radical (unpaired) electrons. The Morgan fingerprint density at radius 2 is 1.96 bits per heavy atom. The largest absolute Gasteiger partial charge is 0.493 e. The Balaban J connectivity index is 2.21. The Kier molecular flexibility index (Phi) is 5.60. The molecule has 0 bridgehead atoms. The molecule has 23 heavy (non-hydrogen) atoms. The van der Waals surface area contributed by atoms with E-state index in [-0.39, 0.29) is 23.3 Å². The number of methoxy groups -OCH3 is 2. The van der Waals surface area contributed by atoms with Crippen LogP contribution in [0.15, 0.2) is 29.6 Å². The fraction of sp³-hybridized carbons (Fsp3) is 0.353. The van der Waals surface area contributed by atoms with Gasteiger partial charge in [0.1, 0.15) is 5.82 Å². The van der Waals surface area contributed by atoms with Crippen LogP contribution in [0.4, 0.5) is 4.39 Å². The Hall–Kier alpha value is -2.08. The van der Waals surface area contributed by atoms with Crippen LogP contribution in [0.2, 0.25) is 0 Å². The van der Waals surface area contributed by atoms with E-state index in [4.69, 9.17) is 9.47 Å². The number of thiophene rings is 1. The van der Waals surface area contributed by atoms with Crippen molar-refractivity contribution in [1.29, 1.82) is 0 Å². The fourth-order valence-electron chi connectivity index (χ4n) is 2.27. The molecule has 1 atom stereocenters. The summed E-state index contributed by atoms with van der Waals surface area (Å²) < 4.78 is 24.4. The zero-order valence-electron chi connectivity index (χ0n) is 13.6. The molecule has 0 aliphatic heterocycles. The lowest BCUT2D eigenvalue weighted by Gasteiger charge is -2.25. The van der Waals surface area contributed by atoms with Crippen molar-refractivity contribution in [3.05, 3.63) is 45.9 Å². The molecule has 0 unspecified atom stereocenters. The molecule has 2 aromatic rings. The maximum Gasteiger partial charge on any atom is 0.256 e. The summed E-state index contributed by atoms with van der Waals surface area (Å²) in [5, 5.41) is 2.00. The van der Waals surface area contributed by atoms with Gasteiger partial charge in [0.2, 0.25) is 0 Å². The third kappa shape index (κ3) is 3.82. The summed E-state index contributed by atoms with van der Waals surface area (Å²) in [4.78, 5) is 15.3. The van der Waals surface area contributed by atoms with Crippen molar-refractivity contribution in [3.8, 4) is 11.5 Å². The maximum atomic E-state index is 14.2. The molecule has 0 N–H and O–H groups in total. The average molecular weight is 337 g/mol. The highest BCUT2D eigenvalue weighted by atomic mass is 32.1. The Bertz CT molecular complexity index is 673. The number of carbonyl (C=O) groups is 1. The smallest absolute Gasteiger partial charge is 0.256 e. The van der Waals surface area contributed by atoms with E-state index in [1.165, 1.54) is 31.2 Å². The van der Waals surface area contributed by atoms with Crippen LogP contribution in [-0.2, 0) is 6.42 Å². The normalized spacial score (nSPS) is 11.9. The summed E-state index contributed by atoms with van der Waals surface area (Å²) in [6, 6.07) is 6.50. The molecular weight excluding hydrogens is 317 g/mol. The first-order valence-electron chi connectivity index (χ1n) is 7.19. The minimum absolute atomic E-state index is 0.0248. The van der Waals surface area contributed by atoms with Crippen LogP contribution >= 0.6 is 11.3 Å². The van der Waals surface area contributed by atoms with Crippen LogP contribution in [0, 0.1) is 5.82 Å². The van der Waals surface area contributed by atoms with Crippen molar-refractivity contribution in [2.75, 3.05) is 21.3 Å². The highest BCUT2D eigenvalue weighted by molar-refractivity contribution is 7.09. The number of hydrogen-bond donors (Lipinski definition) is 0. The van der Waals surface area contributed by atoms with Gasteiger partial charge in [-0.3, -0.25) is 4.79 Å². The second-order valence-corrected chi connectivity index (χ2v) is 6.27. The first-order chi connectivity index (χ1) is 11.0. The predicted octanol–water partition coefficient (Wildman–Crippen LogP) is 3.61. The Labute approximate surface area is 139 Å². The van der Waals surface area contributed by atoms with Gasteiger partial charge in [-0.15, -0.1) is 11.3 Å². The van der Waals surface area contributed by atoms with Gasteiger partial charge in [0.15, 0.2) is 11.5 Å². The number of hydrogen-bond acceptors (Lipinski definition) is 4. The molecule has 1 aromatic heterocycles. The summed E-state index contributed by atoms with van der Waals surface area (Å²) in [6.45, 7) is 1.94. The van der Waals surface area contributed by atoms with Crippen LogP contribution in [0.5, 0.6) is 11.5 Å². The maximum absolute atomic E-state index is 14.2. The second kappa shape index (κ2) is 7.46. The first-order valence-corrected chi connectivity index (χ1v) is 8.07. The lowest BCUT2D eigenvalue weighted by molar-refractivity contribution is 0.0738. The molecule has 1 amide bonds. The van der Waals surface area contributed by atoms with Gasteiger partial charge in [0.25, 0.3) is 5.91 Å². The summed E-state index contributed by atoms with van der Waals surface area (Å²) in [5.41, 5.74) is -0.0248. The lowest BCUT2D eigenvalue weighted by Crippen LogP contribution is -2.36. The SMILES string of the molecule is COc1cc(F)c(C(=O)N(C)[C@H](C)Cc2cccs2)cc1OC. The van der Waals surface area contributed by atoms with E-state index in [0.717, 1.165) is 6.42 Å². The van der Waals surface area contributed by atoms with E-state index in [9.17, 15) is 9.18 Å². The van der Waals surface area contributed by atoms with E-state index in [0.29, 0.717) is 5.75 Å². The number of rotatable bonds is 6. The summed E-state index contributed by atoms with van der Waals surface area (Å²) >= 11 is 1.64. The van der Waals surface area contributed by atoms with E-state index in [1.54, 1.807) is 23.3 Å². The third-order valence-corrected chi connectivity index (χ3v) is 4.66. The number of amides is 1. The second-order valence-electron chi connectivity index (χ2n) is 5.24. The van der Waals surface area contributed by atoms with Crippen molar-refractivity contribution < 1.29 is 18.7 Å². The summed E-state index contributed by atoms with van der Waals surface area (Å²) in [7, 11) is 4.55. The predicted molar refractivity (Wildman–Crippen MR) is 89.1 cm³/mol. The van der Waals surface area contributed by atoms with Crippen LogP contribution in [-0.4, -0.2) is 38.1 Å². The molecule has 0 saturated carbocycles. The van der Waals surface area contributed by atoms with Gasteiger partial charge in [0, 0.05) is 30.5 Å². The van der Waals surface area contributed by atoms with Gasteiger partial charge in [-0.2, -0.15) is 0 Å². The molecule has 0 fully saturated rings. The van der Waals surface area contributed by atoms with Crippen LogP contribution in [0.3, 0.4) is 0 Å². The number of halogens is 1. The number of nitrogens with zero attached hydrogens (tertiary/aromatic N) is 1. The zero-order valence-corrected chi connectivity index (χ0v) is 14.4. The van der Waals surface area contributed by atoms with E-state index in [1.807, 2.05) is 24.4 Å². The standard InChI is InChI=1S/C17H20FNO3S/c1-11(8-12-6-5-7-23-12)19(2)17(20)13-9-15(21-3)16(22-4)10-14(13)18/h5-7,9-11H,8H2,1-4H3/t11-/m1/s1. The Morgan fingerprint density at radius 3 is 2.52 bits per heavy atom. The topological polar surface area (TPSA) is 38.8 Å². The summed E-state index contributed by atoms with van der Waals surface area (Å²) in [5.74, 6) is -0.414. The van der Waals surface area contributed by atoms with Crippen LogP contribution in [0.1, 0.15) is 22.2 Å². The molecule has 0 saturated heterocycles. The van der Waals surface area contributed by atoms with E-state index in [2.05, 4.69) is 0 Å². The minimum Gasteiger partial charge on any atom is -0.493 e. The molecule has 124 valence electrons. The lowest BCUT2D eigenvalue weighted by atomic mass is 10.1. The molecule has 0 aliphatic rings. The highest BCUT2D eigenvalue weighted by Crippen LogP contribution is 2.30. The van der Waals surface area contributed by atoms with Gasteiger partial charge in [-0.25, -0.2) is 4.39 Å². The van der Waals surface area contributed by atoms with Crippen molar-refractivity contribution in [2.45, 2.75) is 19.4 Å². The van der Waals surface area contributed by atoms with Gasteiger partial charge in [-0.1, -0.05) is 6.07 Å². The number of likely N-dealkylation sites (N-methyl/N-ethyl adjacent to an activating group) is 1. The fourth-order valence-corrected chi connectivity index (χ4v) is 3.09. The van der Waals surface area contributed by atoms with Crippen molar-refractivity contribution in [2.24, 2.45) is 0 Å². The van der Waals surface area contributed by atoms with Gasteiger partial charge >= 0.3 is 0 Å². The minimum atomic E-state index is -0.622. The molecule has 6 heteroatoms. The van der Waals surface area contributed by atoms with Gasteiger partial charge < -0.3 is 14.4 Å². The van der Waals surface area contributed by atoms with Crippen LogP contribution in [0.25, 0.3) is 0 Å². The monoisotopic (exact) mass is 337 g/mol. The van der Waals surface area contributed by atoms with Crippen LogP contribution < -0.4 is 9.47 Å². The molecule has 1 heterocycles. The molecular formula is C17H20FNO3S. The molecule has 2 rings (SSSR count). The third-order valence-electron chi connectivity index (χ3n) is 3.76. The Morgan fingerprint density at radius 1 is 1.30 bits per heavy atom. The van der Waals surface area contributed by atoms with E-state index >= 15 is 0 Å².